The molecule has 9 heteroatoms. The van der Waals surface area contributed by atoms with Crippen LogP contribution in [0, 0.1) is 0 Å². The molecule has 0 fully saturated rings. The zero-order valence-corrected chi connectivity index (χ0v) is 9.15. The first kappa shape index (κ1) is 12.0. The van der Waals surface area contributed by atoms with E-state index in [0.717, 1.165) is 11.8 Å². The van der Waals surface area contributed by atoms with Gasteiger partial charge in [0, 0.05) is 5.75 Å². The molecule has 5 nitrogen and oxygen atoms in total. The van der Waals surface area contributed by atoms with Crippen LogP contribution in [0.2, 0.25) is 0 Å². The van der Waals surface area contributed by atoms with Crippen molar-refractivity contribution in [3.63, 3.8) is 0 Å². The van der Waals surface area contributed by atoms with Crippen molar-refractivity contribution >= 4 is 22.9 Å². The standard InChI is InChI=1S/C8H7F3N4OS/c9-8(10,11)1-2-17-7-14-4-5(15-7)12-3-13-6(4)16/h3H,1-2H2,(H2,12,13,14,15,16). The van der Waals surface area contributed by atoms with Gasteiger partial charge in [-0.3, -0.25) is 4.79 Å². The number of nitrogens with zero attached hydrogens (tertiary/aromatic N) is 2. The van der Waals surface area contributed by atoms with Gasteiger partial charge in [-0.2, -0.15) is 13.2 Å². The van der Waals surface area contributed by atoms with E-state index in [4.69, 9.17) is 0 Å². The van der Waals surface area contributed by atoms with Crippen molar-refractivity contribution in [2.75, 3.05) is 5.75 Å². The number of alkyl halides is 3. The molecule has 0 saturated carbocycles. The molecule has 0 aromatic carbocycles. The van der Waals surface area contributed by atoms with Crippen LogP contribution >= 0.6 is 11.8 Å². The Morgan fingerprint density at radius 2 is 2.18 bits per heavy atom. The highest BCUT2D eigenvalue weighted by Crippen LogP contribution is 2.25. The molecule has 2 N–H and O–H groups in total. The molecule has 0 radical (unpaired) electrons. The molecule has 2 aromatic rings. The number of nitrogens with one attached hydrogen (secondary N) is 2. The third-order valence-electron chi connectivity index (χ3n) is 1.89. The summed E-state index contributed by atoms with van der Waals surface area (Å²) in [6, 6.07) is 0. The second-order valence-corrected chi connectivity index (χ2v) is 4.27. The molecule has 92 valence electrons. The highest BCUT2D eigenvalue weighted by molar-refractivity contribution is 7.99. The van der Waals surface area contributed by atoms with E-state index in [-0.39, 0.29) is 22.1 Å². The summed E-state index contributed by atoms with van der Waals surface area (Å²) in [7, 11) is 0. The second-order valence-electron chi connectivity index (χ2n) is 3.18. The van der Waals surface area contributed by atoms with Crippen LogP contribution in [-0.2, 0) is 0 Å². The lowest BCUT2D eigenvalue weighted by Crippen LogP contribution is -2.08. The summed E-state index contributed by atoms with van der Waals surface area (Å²) in [4.78, 5) is 23.9. The maximum absolute atomic E-state index is 11.9. The normalized spacial score (nSPS) is 12.2. The minimum absolute atomic E-state index is 0.0991. The van der Waals surface area contributed by atoms with Gasteiger partial charge in [0.1, 0.15) is 0 Å². The van der Waals surface area contributed by atoms with Gasteiger partial charge in [0.05, 0.1) is 12.7 Å². The topological polar surface area (TPSA) is 74.4 Å². The summed E-state index contributed by atoms with van der Waals surface area (Å²) >= 11 is 0.902. The van der Waals surface area contributed by atoms with Crippen molar-refractivity contribution in [2.45, 2.75) is 17.8 Å². The quantitative estimate of drug-likeness (QED) is 0.827. The molecule has 0 atom stereocenters. The highest BCUT2D eigenvalue weighted by atomic mass is 32.2. The Morgan fingerprint density at radius 3 is 2.82 bits per heavy atom. The molecule has 0 aliphatic rings. The molecule has 0 aliphatic heterocycles. The number of imidazole rings is 1. The molecule has 0 amide bonds. The predicted molar refractivity (Wildman–Crippen MR) is 55.9 cm³/mol. The Balaban J connectivity index is 2.10. The van der Waals surface area contributed by atoms with Crippen LogP contribution in [0.4, 0.5) is 13.2 Å². The van der Waals surface area contributed by atoms with Crippen molar-refractivity contribution in [2.24, 2.45) is 0 Å². The first-order chi connectivity index (χ1) is 7.96. The fraction of sp³-hybridized carbons (Fsp3) is 0.375. The number of halogens is 3. The van der Waals surface area contributed by atoms with Crippen molar-refractivity contribution in [1.29, 1.82) is 0 Å². The van der Waals surface area contributed by atoms with E-state index in [2.05, 4.69) is 19.9 Å². The lowest BCUT2D eigenvalue weighted by Gasteiger charge is -2.03. The van der Waals surface area contributed by atoms with E-state index in [1.807, 2.05) is 0 Å². The fourth-order valence-electron chi connectivity index (χ4n) is 1.15. The van der Waals surface area contributed by atoms with Crippen LogP contribution in [0.5, 0.6) is 0 Å². The number of hydrogen-bond acceptors (Lipinski definition) is 4. The van der Waals surface area contributed by atoms with Crippen molar-refractivity contribution in [3.05, 3.63) is 16.7 Å². The Labute approximate surface area is 96.9 Å². The highest BCUT2D eigenvalue weighted by Gasteiger charge is 2.26. The van der Waals surface area contributed by atoms with Gasteiger partial charge in [0.25, 0.3) is 5.56 Å². The molecule has 2 aromatic heterocycles. The van der Waals surface area contributed by atoms with Gasteiger partial charge in [-0.05, 0) is 0 Å². The van der Waals surface area contributed by atoms with E-state index in [1.165, 1.54) is 6.33 Å². The van der Waals surface area contributed by atoms with Gasteiger partial charge >= 0.3 is 6.18 Å². The number of aromatic nitrogens is 4. The first-order valence-electron chi connectivity index (χ1n) is 4.59. The summed E-state index contributed by atoms with van der Waals surface area (Å²) in [5, 5.41) is 0.258. The SMILES string of the molecule is O=c1[nH]cnc2[nH]c(SCCC(F)(F)F)nc12. The summed E-state index contributed by atoms with van der Waals surface area (Å²) in [5.41, 5.74) is -0.0563. The third kappa shape index (κ3) is 2.99. The number of fused-ring (bicyclic) bond motifs is 1. The maximum atomic E-state index is 11.9. The Kier molecular flexibility index (Phi) is 3.09. The zero-order valence-electron chi connectivity index (χ0n) is 8.34. The van der Waals surface area contributed by atoms with Gasteiger partial charge in [-0.1, -0.05) is 11.8 Å². The van der Waals surface area contributed by atoms with Gasteiger partial charge in [-0.25, -0.2) is 9.97 Å². The molecule has 0 unspecified atom stereocenters. The molecular formula is C8H7F3N4OS. The monoisotopic (exact) mass is 264 g/mol. The van der Waals surface area contributed by atoms with Gasteiger partial charge in [-0.15, -0.1) is 0 Å². The lowest BCUT2D eigenvalue weighted by atomic mass is 10.5. The molecule has 0 aliphatic carbocycles. The van der Waals surface area contributed by atoms with E-state index >= 15 is 0 Å². The van der Waals surface area contributed by atoms with Crippen molar-refractivity contribution < 1.29 is 13.2 Å². The van der Waals surface area contributed by atoms with Crippen molar-refractivity contribution in [3.8, 4) is 0 Å². The minimum Gasteiger partial charge on any atom is -0.317 e. The van der Waals surface area contributed by atoms with Crippen LogP contribution in [-0.4, -0.2) is 31.9 Å². The fourth-order valence-corrected chi connectivity index (χ4v) is 2.00. The molecule has 2 rings (SSSR count). The molecule has 0 bridgehead atoms. The van der Waals surface area contributed by atoms with Crippen LogP contribution in [0.15, 0.2) is 16.3 Å². The minimum atomic E-state index is -4.19. The average molecular weight is 264 g/mol. The predicted octanol–water partition coefficient (Wildman–Crippen LogP) is 1.69. The van der Waals surface area contributed by atoms with Gasteiger partial charge in [0.2, 0.25) is 0 Å². The van der Waals surface area contributed by atoms with Crippen LogP contribution in [0.25, 0.3) is 11.2 Å². The van der Waals surface area contributed by atoms with Crippen LogP contribution in [0.3, 0.4) is 0 Å². The summed E-state index contributed by atoms with van der Waals surface area (Å²) < 4.78 is 35.7. The number of H-pyrrole nitrogens is 2. The Bertz CT molecular complexity index is 576. The summed E-state index contributed by atoms with van der Waals surface area (Å²) in [6.45, 7) is 0. The van der Waals surface area contributed by atoms with Crippen LogP contribution in [0.1, 0.15) is 6.42 Å². The number of hydrogen-bond donors (Lipinski definition) is 2. The van der Waals surface area contributed by atoms with Gasteiger partial charge in [0.15, 0.2) is 16.3 Å². The van der Waals surface area contributed by atoms with E-state index in [9.17, 15) is 18.0 Å². The third-order valence-corrected chi connectivity index (χ3v) is 2.77. The number of aromatic amines is 2. The summed E-state index contributed by atoms with van der Waals surface area (Å²) in [5.74, 6) is -0.152. The number of rotatable bonds is 3. The average Bonchev–Trinajstić information content (AvgIpc) is 2.60. The summed E-state index contributed by atoms with van der Waals surface area (Å²) in [6.07, 6.45) is -3.89. The van der Waals surface area contributed by atoms with Crippen LogP contribution < -0.4 is 5.56 Å². The van der Waals surface area contributed by atoms with Gasteiger partial charge < -0.3 is 9.97 Å². The molecule has 0 spiro atoms. The Hall–Kier alpha value is -1.51. The molecule has 2 heterocycles. The van der Waals surface area contributed by atoms with Crippen molar-refractivity contribution in [1.82, 2.24) is 19.9 Å². The smallest absolute Gasteiger partial charge is 0.317 e. The largest absolute Gasteiger partial charge is 0.389 e. The lowest BCUT2D eigenvalue weighted by molar-refractivity contribution is -0.129. The van der Waals surface area contributed by atoms with E-state index in [1.54, 1.807) is 0 Å². The maximum Gasteiger partial charge on any atom is 0.389 e. The zero-order chi connectivity index (χ0) is 12.5. The number of thioether (sulfide) groups is 1. The van der Waals surface area contributed by atoms with E-state index < -0.39 is 18.2 Å². The molecule has 17 heavy (non-hydrogen) atoms. The second kappa shape index (κ2) is 4.40. The first-order valence-corrected chi connectivity index (χ1v) is 5.57. The Morgan fingerprint density at radius 1 is 1.41 bits per heavy atom. The molecule has 0 saturated heterocycles. The van der Waals surface area contributed by atoms with E-state index in [0.29, 0.717) is 0 Å². The molecular weight excluding hydrogens is 257 g/mol.